The summed E-state index contributed by atoms with van der Waals surface area (Å²) in [4.78, 5) is 25.7. The predicted octanol–water partition coefficient (Wildman–Crippen LogP) is 5.92. The SMILES string of the molecule is COc1ccccc1NS(=O)(=O)c1ccc(C=CC(=O)NNC(=O)c2ccc(CSc3ccc(Cl)cc3)cc2)cc1. The Balaban J connectivity index is 1.25. The number of carbonyl (C=O) groups is 2. The zero-order valence-corrected chi connectivity index (χ0v) is 24.2. The maximum Gasteiger partial charge on any atom is 0.269 e. The van der Waals surface area contributed by atoms with Crippen molar-refractivity contribution in [2.75, 3.05) is 11.8 Å². The number of amides is 2. The summed E-state index contributed by atoms with van der Waals surface area (Å²) in [6.45, 7) is 0. The number of benzene rings is 4. The maximum absolute atomic E-state index is 12.7. The molecule has 4 aromatic rings. The van der Waals surface area contributed by atoms with Gasteiger partial charge < -0.3 is 4.74 Å². The van der Waals surface area contributed by atoms with Gasteiger partial charge >= 0.3 is 0 Å². The topological polar surface area (TPSA) is 114 Å². The Morgan fingerprint density at radius 3 is 2.24 bits per heavy atom. The van der Waals surface area contributed by atoms with Gasteiger partial charge in [-0.1, -0.05) is 48.0 Å². The number of methoxy groups -OCH3 is 1. The Morgan fingerprint density at radius 2 is 1.56 bits per heavy atom. The lowest BCUT2D eigenvalue weighted by molar-refractivity contribution is -0.117. The summed E-state index contributed by atoms with van der Waals surface area (Å²) < 4.78 is 33.2. The number of anilines is 1. The van der Waals surface area contributed by atoms with Crippen LogP contribution in [0.25, 0.3) is 6.08 Å². The van der Waals surface area contributed by atoms with E-state index in [2.05, 4.69) is 15.6 Å². The highest BCUT2D eigenvalue weighted by atomic mass is 35.5. The first-order valence-electron chi connectivity index (χ1n) is 12.2. The van der Waals surface area contributed by atoms with Crippen LogP contribution < -0.4 is 20.3 Å². The Hall–Kier alpha value is -4.25. The van der Waals surface area contributed by atoms with Crippen LogP contribution in [-0.2, 0) is 20.6 Å². The number of halogens is 1. The van der Waals surface area contributed by atoms with E-state index in [0.717, 1.165) is 16.2 Å². The monoisotopic (exact) mass is 607 g/mol. The van der Waals surface area contributed by atoms with Crippen molar-refractivity contribution >= 4 is 57.0 Å². The molecule has 41 heavy (non-hydrogen) atoms. The van der Waals surface area contributed by atoms with Gasteiger partial charge in [-0.3, -0.25) is 25.2 Å². The third-order valence-electron chi connectivity index (χ3n) is 5.70. The second-order valence-electron chi connectivity index (χ2n) is 8.59. The molecule has 0 unspecified atom stereocenters. The minimum atomic E-state index is -3.85. The molecule has 0 aromatic heterocycles. The van der Waals surface area contributed by atoms with E-state index < -0.39 is 21.8 Å². The van der Waals surface area contributed by atoms with E-state index in [0.29, 0.717) is 27.6 Å². The number of hydrazine groups is 1. The van der Waals surface area contributed by atoms with Gasteiger partial charge in [0.15, 0.2) is 0 Å². The van der Waals surface area contributed by atoms with Gasteiger partial charge in [0.25, 0.3) is 21.8 Å². The summed E-state index contributed by atoms with van der Waals surface area (Å²) >= 11 is 7.57. The normalized spacial score (nSPS) is 11.2. The standard InChI is InChI=1S/C30H26ClN3O5S2/c1-39-28-5-3-2-4-27(28)34-41(37,38)26-17-8-21(9-18-26)10-19-29(35)32-33-30(36)23-11-6-22(7-12-23)20-40-25-15-13-24(31)14-16-25/h2-19,34H,20H2,1H3,(H,32,35)(H,33,36). The number of carbonyl (C=O) groups excluding carboxylic acids is 2. The highest BCUT2D eigenvalue weighted by molar-refractivity contribution is 7.98. The third-order valence-corrected chi connectivity index (χ3v) is 8.42. The van der Waals surface area contributed by atoms with E-state index in [1.165, 1.54) is 31.4 Å². The molecule has 0 fully saturated rings. The lowest BCUT2D eigenvalue weighted by Gasteiger charge is -2.11. The van der Waals surface area contributed by atoms with Crippen molar-refractivity contribution in [1.82, 2.24) is 10.9 Å². The van der Waals surface area contributed by atoms with Crippen LogP contribution >= 0.6 is 23.4 Å². The molecule has 0 aliphatic rings. The fourth-order valence-corrected chi connectivity index (χ4v) is 5.60. The van der Waals surface area contributed by atoms with Crippen LogP contribution in [0.3, 0.4) is 0 Å². The van der Waals surface area contributed by atoms with Gasteiger partial charge in [0.2, 0.25) is 0 Å². The van der Waals surface area contributed by atoms with Crippen molar-refractivity contribution < 1.29 is 22.7 Å². The molecule has 0 aliphatic heterocycles. The number of hydrogen-bond donors (Lipinski definition) is 3. The van der Waals surface area contributed by atoms with Crippen LogP contribution in [0.4, 0.5) is 5.69 Å². The predicted molar refractivity (Wildman–Crippen MR) is 162 cm³/mol. The molecule has 0 saturated heterocycles. The molecule has 0 aliphatic carbocycles. The van der Waals surface area contributed by atoms with Crippen molar-refractivity contribution in [3.63, 3.8) is 0 Å². The van der Waals surface area contributed by atoms with E-state index in [1.54, 1.807) is 60.3 Å². The summed E-state index contributed by atoms with van der Waals surface area (Å²) in [5, 5.41) is 0.688. The van der Waals surface area contributed by atoms with E-state index >= 15 is 0 Å². The second kappa shape index (κ2) is 13.9. The molecule has 0 heterocycles. The minimum Gasteiger partial charge on any atom is -0.495 e. The van der Waals surface area contributed by atoms with Gasteiger partial charge in [0.1, 0.15) is 5.75 Å². The molecule has 8 nitrogen and oxygen atoms in total. The highest BCUT2D eigenvalue weighted by Gasteiger charge is 2.16. The lowest BCUT2D eigenvalue weighted by Crippen LogP contribution is -2.40. The first-order chi connectivity index (χ1) is 19.7. The summed E-state index contributed by atoms with van der Waals surface area (Å²) in [5.74, 6) is 0.121. The second-order valence-corrected chi connectivity index (χ2v) is 11.8. The first-order valence-corrected chi connectivity index (χ1v) is 15.1. The molecular formula is C30H26ClN3O5S2. The highest BCUT2D eigenvalue weighted by Crippen LogP contribution is 2.26. The van der Waals surface area contributed by atoms with Gasteiger partial charge in [0, 0.05) is 27.3 Å². The Bertz CT molecular complexity index is 1640. The van der Waals surface area contributed by atoms with Gasteiger partial charge in [-0.15, -0.1) is 11.8 Å². The van der Waals surface area contributed by atoms with Crippen LogP contribution in [0.2, 0.25) is 5.02 Å². The summed E-state index contributed by atoms with van der Waals surface area (Å²) in [6, 6.07) is 27.3. The maximum atomic E-state index is 12.7. The van der Waals surface area contributed by atoms with Crippen LogP contribution in [0.5, 0.6) is 5.75 Å². The average molecular weight is 608 g/mol. The number of sulfonamides is 1. The third kappa shape index (κ3) is 8.62. The molecule has 0 radical (unpaired) electrons. The van der Waals surface area contributed by atoms with Gasteiger partial charge in [-0.2, -0.15) is 0 Å². The number of hydrogen-bond acceptors (Lipinski definition) is 6. The fourth-order valence-electron chi connectivity index (χ4n) is 3.54. The summed E-state index contributed by atoms with van der Waals surface area (Å²) in [5.41, 5.74) is 7.06. The van der Waals surface area contributed by atoms with Crippen molar-refractivity contribution in [1.29, 1.82) is 0 Å². The van der Waals surface area contributed by atoms with Crippen molar-refractivity contribution in [2.45, 2.75) is 15.5 Å². The number of rotatable bonds is 10. The smallest absolute Gasteiger partial charge is 0.269 e. The summed E-state index contributed by atoms with van der Waals surface area (Å²) in [6.07, 6.45) is 2.73. The van der Waals surface area contributed by atoms with Gasteiger partial charge in [-0.05, 0) is 77.9 Å². The molecule has 0 saturated carbocycles. The Kier molecular flexibility index (Phi) is 10.1. The zero-order chi connectivity index (χ0) is 29.2. The number of para-hydroxylation sites is 2. The van der Waals surface area contributed by atoms with Crippen molar-refractivity contribution in [2.24, 2.45) is 0 Å². The van der Waals surface area contributed by atoms with Crippen LogP contribution in [0, 0.1) is 0 Å². The Morgan fingerprint density at radius 1 is 0.878 bits per heavy atom. The molecule has 4 rings (SSSR count). The molecule has 11 heteroatoms. The average Bonchev–Trinajstić information content (AvgIpc) is 2.99. The number of ether oxygens (including phenoxy) is 1. The Labute approximate surface area is 247 Å². The minimum absolute atomic E-state index is 0.0480. The van der Waals surface area contributed by atoms with Crippen LogP contribution in [-0.4, -0.2) is 27.3 Å². The molecule has 0 atom stereocenters. The van der Waals surface area contributed by atoms with Crippen LogP contribution in [0.15, 0.2) is 113 Å². The lowest BCUT2D eigenvalue weighted by atomic mass is 10.1. The molecular weight excluding hydrogens is 582 g/mol. The van der Waals surface area contributed by atoms with E-state index in [-0.39, 0.29) is 4.90 Å². The first kappa shape index (κ1) is 29.7. The van der Waals surface area contributed by atoms with Crippen LogP contribution in [0.1, 0.15) is 21.5 Å². The van der Waals surface area contributed by atoms with E-state index in [9.17, 15) is 18.0 Å². The molecule has 0 spiro atoms. The van der Waals surface area contributed by atoms with Gasteiger partial charge in [0.05, 0.1) is 17.7 Å². The molecule has 2 amide bonds. The van der Waals surface area contributed by atoms with Crippen molar-refractivity contribution in [3.8, 4) is 5.75 Å². The number of nitrogens with one attached hydrogen (secondary N) is 3. The van der Waals surface area contributed by atoms with E-state index in [4.69, 9.17) is 16.3 Å². The zero-order valence-electron chi connectivity index (χ0n) is 21.8. The number of thioether (sulfide) groups is 1. The van der Waals surface area contributed by atoms with Crippen molar-refractivity contribution in [3.05, 3.63) is 125 Å². The fraction of sp³-hybridized carbons (Fsp3) is 0.0667. The van der Waals surface area contributed by atoms with E-state index in [1.807, 2.05) is 36.4 Å². The molecule has 210 valence electrons. The largest absolute Gasteiger partial charge is 0.495 e. The molecule has 3 N–H and O–H groups in total. The summed E-state index contributed by atoms with van der Waals surface area (Å²) in [7, 11) is -2.39. The molecule has 0 bridgehead atoms. The van der Waals surface area contributed by atoms with Gasteiger partial charge in [-0.25, -0.2) is 8.42 Å². The quantitative estimate of drug-likeness (QED) is 0.117. The molecule has 4 aromatic carbocycles.